The third-order valence-electron chi connectivity index (χ3n) is 3.79. The lowest BCUT2D eigenvalue weighted by atomic mass is 10.2. The van der Waals surface area contributed by atoms with Crippen LogP contribution in [0.1, 0.15) is 0 Å². The lowest BCUT2D eigenvalue weighted by molar-refractivity contribution is 0.122. The number of hydrogen-bond acceptors (Lipinski definition) is 6. The Morgan fingerprint density at radius 3 is 2.61 bits per heavy atom. The van der Waals surface area contributed by atoms with Crippen LogP contribution in [0.2, 0.25) is 0 Å². The highest BCUT2D eigenvalue weighted by atomic mass is 16.5. The van der Waals surface area contributed by atoms with Crippen LogP contribution in [0.15, 0.2) is 53.2 Å². The third-order valence-corrected chi connectivity index (χ3v) is 3.79. The van der Waals surface area contributed by atoms with Gasteiger partial charge in [0.2, 0.25) is 5.82 Å². The lowest BCUT2D eigenvalue weighted by Crippen LogP contribution is -2.37. The van der Waals surface area contributed by atoms with E-state index in [4.69, 9.17) is 9.26 Å². The smallest absolute Gasteiger partial charge is 0.261 e. The minimum Gasteiger partial charge on any atom is -0.378 e. The molecule has 23 heavy (non-hydrogen) atoms. The van der Waals surface area contributed by atoms with Gasteiger partial charge in [-0.3, -0.25) is 0 Å². The van der Waals surface area contributed by atoms with Crippen LogP contribution < -0.4 is 4.90 Å². The average molecular weight is 308 g/mol. The molecule has 6 heteroatoms. The van der Waals surface area contributed by atoms with Crippen molar-refractivity contribution >= 4 is 5.82 Å². The van der Waals surface area contributed by atoms with E-state index in [1.807, 2.05) is 42.5 Å². The summed E-state index contributed by atoms with van der Waals surface area (Å²) < 4.78 is 10.9. The molecule has 4 rings (SSSR count). The molecule has 3 heterocycles. The van der Waals surface area contributed by atoms with E-state index < -0.39 is 0 Å². The first-order valence-electron chi connectivity index (χ1n) is 7.59. The first kappa shape index (κ1) is 13.9. The highest BCUT2D eigenvalue weighted by Gasteiger charge is 2.20. The van der Waals surface area contributed by atoms with Crippen molar-refractivity contribution in [3.63, 3.8) is 0 Å². The van der Waals surface area contributed by atoms with Crippen LogP contribution in [0.3, 0.4) is 0 Å². The predicted molar refractivity (Wildman–Crippen MR) is 86.0 cm³/mol. The van der Waals surface area contributed by atoms with E-state index in [0.29, 0.717) is 24.9 Å². The molecule has 0 aliphatic carbocycles. The summed E-state index contributed by atoms with van der Waals surface area (Å²) in [6.07, 6.45) is 1.78. The minimum atomic E-state index is 0.485. The van der Waals surface area contributed by atoms with E-state index in [0.717, 1.165) is 30.0 Å². The molecule has 0 unspecified atom stereocenters. The Balaban J connectivity index is 1.70. The maximum Gasteiger partial charge on any atom is 0.261 e. The molecular formula is C17H16N4O2. The van der Waals surface area contributed by atoms with Gasteiger partial charge in [-0.1, -0.05) is 35.5 Å². The number of benzene rings is 1. The lowest BCUT2D eigenvalue weighted by Gasteiger charge is -2.28. The predicted octanol–water partition coefficient (Wildman–Crippen LogP) is 2.64. The average Bonchev–Trinajstić information content (AvgIpc) is 3.13. The second-order valence-corrected chi connectivity index (χ2v) is 5.26. The minimum absolute atomic E-state index is 0.485. The van der Waals surface area contributed by atoms with Crippen molar-refractivity contribution in [2.45, 2.75) is 0 Å². The van der Waals surface area contributed by atoms with Crippen LogP contribution in [0, 0.1) is 0 Å². The largest absolute Gasteiger partial charge is 0.378 e. The van der Waals surface area contributed by atoms with E-state index in [9.17, 15) is 0 Å². The topological polar surface area (TPSA) is 64.3 Å². The summed E-state index contributed by atoms with van der Waals surface area (Å²) in [5.74, 6) is 1.93. The second-order valence-electron chi connectivity index (χ2n) is 5.26. The SMILES string of the molecule is c1ccc(-c2noc(-c3cccnc3N3CCOCC3)n2)cc1. The van der Waals surface area contributed by atoms with Gasteiger partial charge in [0.1, 0.15) is 5.82 Å². The van der Waals surface area contributed by atoms with Crippen molar-refractivity contribution in [2.75, 3.05) is 31.2 Å². The maximum atomic E-state index is 5.48. The molecule has 0 bridgehead atoms. The summed E-state index contributed by atoms with van der Waals surface area (Å²) in [7, 11) is 0. The van der Waals surface area contributed by atoms with Gasteiger partial charge in [-0.05, 0) is 12.1 Å². The molecular weight excluding hydrogens is 292 g/mol. The summed E-state index contributed by atoms with van der Waals surface area (Å²) in [5.41, 5.74) is 1.78. The molecule has 1 saturated heterocycles. The van der Waals surface area contributed by atoms with Gasteiger partial charge in [0.15, 0.2) is 0 Å². The molecule has 6 nitrogen and oxygen atoms in total. The van der Waals surface area contributed by atoms with Crippen molar-refractivity contribution in [3.8, 4) is 22.8 Å². The zero-order chi connectivity index (χ0) is 15.5. The Morgan fingerprint density at radius 2 is 1.78 bits per heavy atom. The molecule has 116 valence electrons. The zero-order valence-corrected chi connectivity index (χ0v) is 12.6. The molecule has 0 spiro atoms. The number of aromatic nitrogens is 3. The van der Waals surface area contributed by atoms with Crippen LogP contribution in [0.25, 0.3) is 22.8 Å². The second kappa shape index (κ2) is 6.18. The first-order chi connectivity index (χ1) is 11.4. The van der Waals surface area contributed by atoms with Crippen molar-refractivity contribution in [1.29, 1.82) is 0 Å². The van der Waals surface area contributed by atoms with Crippen LogP contribution in [0.4, 0.5) is 5.82 Å². The number of morpholine rings is 1. The fourth-order valence-electron chi connectivity index (χ4n) is 2.63. The highest BCUT2D eigenvalue weighted by Crippen LogP contribution is 2.29. The van der Waals surface area contributed by atoms with Crippen LogP contribution >= 0.6 is 0 Å². The normalized spacial score (nSPS) is 14.9. The van der Waals surface area contributed by atoms with Crippen molar-refractivity contribution in [1.82, 2.24) is 15.1 Å². The number of ether oxygens (including phenoxy) is 1. The summed E-state index contributed by atoms with van der Waals surface area (Å²) in [5, 5.41) is 4.09. The van der Waals surface area contributed by atoms with Crippen molar-refractivity contribution in [2.24, 2.45) is 0 Å². The van der Waals surface area contributed by atoms with E-state index >= 15 is 0 Å². The van der Waals surface area contributed by atoms with Gasteiger partial charge in [-0.25, -0.2) is 4.98 Å². The molecule has 0 radical (unpaired) electrons. The quantitative estimate of drug-likeness (QED) is 0.741. The Kier molecular flexibility index (Phi) is 3.73. The van der Waals surface area contributed by atoms with Crippen LogP contribution in [-0.2, 0) is 4.74 Å². The summed E-state index contributed by atoms with van der Waals surface area (Å²) >= 11 is 0. The zero-order valence-electron chi connectivity index (χ0n) is 12.6. The monoisotopic (exact) mass is 308 g/mol. The van der Waals surface area contributed by atoms with Gasteiger partial charge in [0, 0.05) is 24.8 Å². The Labute approximate surface area is 133 Å². The first-order valence-corrected chi connectivity index (χ1v) is 7.59. The van der Waals surface area contributed by atoms with Crippen LogP contribution in [0.5, 0.6) is 0 Å². The van der Waals surface area contributed by atoms with Gasteiger partial charge < -0.3 is 14.2 Å². The molecule has 1 fully saturated rings. The van der Waals surface area contributed by atoms with Crippen molar-refractivity contribution in [3.05, 3.63) is 48.7 Å². The number of anilines is 1. The number of pyridine rings is 1. The molecule has 1 aromatic carbocycles. The number of hydrogen-bond donors (Lipinski definition) is 0. The number of nitrogens with zero attached hydrogens (tertiary/aromatic N) is 4. The van der Waals surface area contributed by atoms with E-state index in [1.165, 1.54) is 0 Å². The molecule has 1 aliphatic heterocycles. The molecule has 1 aliphatic rings. The molecule has 2 aromatic heterocycles. The van der Waals surface area contributed by atoms with Gasteiger partial charge in [0.05, 0.1) is 18.8 Å². The van der Waals surface area contributed by atoms with Crippen LogP contribution in [-0.4, -0.2) is 41.4 Å². The molecule has 0 saturated carbocycles. The Morgan fingerprint density at radius 1 is 0.957 bits per heavy atom. The fraction of sp³-hybridized carbons (Fsp3) is 0.235. The van der Waals surface area contributed by atoms with E-state index in [-0.39, 0.29) is 0 Å². The molecule has 3 aromatic rings. The maximum absolute atomic E-state index is 5.48. The van der Waals surface area contributed by atoms with E-state index in [2.05, 4.69) is 20.0 Å². The standard InChI is InChI=1S/C17H16N4O2/c1-2-5-13(6-3-1)15-19-17(23-20-15)14-7-4-8-18-16(14)21-9-11-22-12-10-21/h1-8H,9-12H2. The Bertz CT molecular complexity index is 782. The molecule has 0 atom stereocenters. The summed E-state index contributed by atoms with van der Waals surface area (Å²) in [4.78, 5) is 11.2. The van der Waals surface area contributed by atoms with Crippen molar-refractivity contribution < 1.29 is 9.26 Å². The highest BCUT2D eigenvalue weighted by molar-refractivity contribution is 5.71. The molecule has 0 N–H and O–H groups in total. The van der Waals surface area contributed by atoms with Gasteiger partial charge in [-0.2, -0.15) is 4.98 Å². The molecule has 0 amide bonds. The number of rotatable bonds is 3. The van der Waals surface area contributed by atoms with Gasteiger partial charge >= 0.3 is 0 Å². The van der Waals surface area contributed by atoms with E-state index in [1.54, 1.807) is 6.20 Å². The van der Waals surface area contributed by atoms with Gasteiger partial charge in [-0.15, -0.1) is 0 Å². The summed E-state index contributed by atoms with van der Waals surface area (Å²) in [6, 6.07) is 13.6. The Hall–Kier alpha value is -2.73. The fourth-order valence-corrected chi connectivity index (χ4v) is 2.63. The third kappa shape index (κ3) is 2.80. The summed E-state index contributed by atoms with van der Waals surface area (Å²) in [6.45, 7) is 3.03. The van der Waals surface area contributed by atoms with Gasteiger partial charge in [0.25, 0.3) is 5.89 Å².